The van der Waals surface area contributed by atoms with Gasteiger partial charge in [-0.05, 0) is 44.3 Å². The second-order valence-electron chi connectivity index (χ2n) is 6.14. The molecule has 0 aromatic heterocycles. The van der Waals surface area contributed by atoms with Crippen LogP contribution in [0.1, 0.15) is 30.7 Å². The maximum absolute atomic E-state index is 12.8. The highest BCUT2D eigenvalue weighted by Crippen LogP contribution is 2.34. The Kier molecular flexibility index (Phi) is 4.44. The molecule has 0 bridgehead atoms. The first-order chi connectivity index (χ1) is 10.3. The predicted molar refractivity (Wildman–Crippen MR) is 82.5 cm³/mol. The van der Waals surface area contributed by atoms with Crippen LogP contribution in [0.2, 0.25) is 0 Å². The van der Waals surface area contributed by atoms with Crippen molar-refractivity contribution in [3.63, 3.8) is 0 Å². The molecule has 0 aliphatic carbocycles. The van der Waals surface area contributed by atoms with E-state index in [-0.39, 0.29) is 11.8 Å². The third kappa shape index (κ3) is 3.21. The van der Waals surface area contributed by atoms with Gasteiger partial charge in [-0.15, -0.1) is 0 Å². The summed E-state index contributed by atoms with van der Waals surface area (Å²) in [5.41, 5.74) is 1.05. The molecule has 114 valence electrons. The van der Waals surface area contributed by atoms with Crippen molar-refractivity contribution < 1.29 is 9.53 Å². The predicted octanol–water partition coefficient (Wildman–Crippen LogP) is 2.01. The van der Waals surface area contributed by atoms with Gasteiger partial charge in [-0.25, -0.2) is 0 Å². The maximum Gasteiger partial charge on any atom is 0.230 e. The van der Waals surface area contributed by atoms with Crippen LogP contribution in [0.15, 0.2) is 24.3 Å². The Balaban J connectivity index is 1.67. The first kappa shape index (κ1) is 14.4. The van der Waals surface area contributed by atoms with E-state index in [4.69, 9.17) is 4.74 Å². The minimum absolute atomic E-state index is 0.0401. The average Bonchev–Trinajstić information content (AvgIpc) is 2.54. The molecule has 3 rings (SSSR count). The summed E-state index contributed by atoms with van der Waals surface area (Å²) in [7, 11) is 1.95. The van der Waals surface area contributed by atoms with E-state index in [1.807, 2.05) is 36.2 Å². The van der Waals surface area contributed by atoms with Crippen molar-refractivity contribution >= 4 is 5.91 Å². The third-order valence-corrected chi connectivity index (χ3v) is 4.62. The summed E-state index contributed by atoms with van der Waals surface area (Å²) < 4.78 is 5.65. The van der Waals surface area contributed by atoms with E-state index in [2.05, 4.69) is 5.32 Å². The van der Waals surface area contributed by atoms with Gasteiger partial charge in [0.1, 0.15) is 5.75 Å². The Morgan fingerprint density at radius 2 is 2.05 bits per heavy atom. The summed E-state index contributed by atoms with van der Waals surface area (Å²) in [6.45, 7) is 3.66. The molecule has 1 atom stereocenters. The molecule has 1 unspecified atom stereocenters. The van der Waals surface area contributed by atoms with Crippen molar-refractivity contribution in [2.45, 2.75) is 25.2 Å². The molecule has 1 aromatic rings. The molecule has 0 spiro atoms. The highest BCUT2D eigenvalue weighted by molar-refractivity contribution is 5.84. The van der Waals surface area contributed by atoms with Crippen LogP contribution < -0.4 is 10.1 Å². The van der Waals surface area contributed by atoms with Crippen LogP contribution in [-0.4, -0.2) is 44.1 Å². The number of likely N-dealkylation sites (N-methyl/N-ethyl adjacent to an activating group) is 1. The third-order valence-electron chi connectivity index (χ3n) is 4.62. The number of carbonyl (C=O) groups excluding carboxylic acids is 1. The Bertz CT molecular complexity index is 497. The average molecular weight is 288 g/mol. The smallest absolute Gasteiger partial charge is 0.230 e. The monoisotopic (exact) mass is 288 g/mol. The van der Waals surface area contributed by atoms with Crippen molar-refractivity contribution in [1.29, 1.82) is 0 Å². The number of hydrogen-bond donors (Lipinski definition) is 1. The van der Waals surface area contributed by atoms with Gasteiger partial charge >= 0.3 is 0 Å². The lowest BCUT2D eigenvalue weighted by Crippen LogP contribution is -2.40. The van der Waals surface area contributed by atoms with Crippen LogP contribution >= 0.6 is 0 Å². The molecule has 2 aliphatic rings. The highest BCUT2D eigenvalue weighted by Gasteiger charge is 2.30. The fraction of sp³-hybridized carbons (Fsp3) is 0.588. The standard InChI is InChI=1S/C17H24N2O2/c1-19(12-13-6-9-18-10-7-13)17(20)15-8-11-21-16-5-3-2-4-14(15)16/h2-5,13,15,18H,6-12H2,1H3. The summed E-state index contributed by atoms with van der Waals surface area (Å²) in [6.07, 6.45) is 3.12. The number of piperidine rings is 1. The molecule has 2 heterocycles. The molecule has 4 nitrogen and oxygen atoms in total. The van der Waals surface area contributed by atoms with Crippen LogP contribution in [0.5, 0.6) is 5.75 Å². The molecular weight excluding hydrogens is 264 g/mol. The summed E-state index contributed by atoms with van der Waals surface area (Å²) in [5.74, 6) is 1.71. The van der Waals surface area contributed by atoms with Crippen LogP contribution in [0.25, 0.3) is 0 Å². The SMILES string of the molecule is CN(CC1CCNCC1)C(=O)C1CCOc2ccccc21. The minimum Gasteiger partial charge on any atom is -0.493 e. The number of nitrogens with zero attached hydrogens (tertiary/aromatic N) is 1. The Labute approximate surface area is 126 Å². The van der Waals surface area contributed by atoms with Crippen molar-refractivity contribution in [3.8, 4) is 5.75 Å². The molecule has 1 saturated heterocycles. The Hall–Kier alpha value is -1.55. The number of benzene rings is 1. The summed E-state index contributed by atoms with van der Waals surface area (Å²) in [4.78, 5) is 14.7. The van der Waals surface area contributed by atoms with Gasteiger partial charge in [-0.1, -0.05) is 18.2 Å². The number of nitrogens with one attached hydrogen (secondary N) is 1. The zero-order valence-electron chi connectivity index (χ0n) is 12.7. The fourth-order valence-corrected chi connectivity index (χ4v) is 3.41. The number of rotatable bonds is 3. The molecule has 1 N–H and O–H groups in total. The lowest BCUT2D eigenvalue weighted by Gasteiger charge is -2.32. The second-order valence-corrected chi connectivity index (χ2v) is 6.14. The summed E-state index contributed by atoms with van der Waals surface area (Å²) in [6, 6.07) is 7.93. The molecule has 0 radical (unpaired) electrons. The van der Waals surface area contributed by atoms with Crippen LogP contribution in [-0.2, 0) is 4.79 Å². The zero-order valence-corrected chi connectivity index (χ0v) is 12.7. The molecule has 1 fully saturated rings. The molecule has 0 saturated carbocycles. The minimum atomic E-state index is -0.0401. The first-order valence-corrected chi connectivity index (χ1v) is 7.93. The number of carbonyl (C=O) groups is 1. The van der Waals surface area contributed by atoms with E-state index in [9.17, 15) is 4.79 Å². The quantitative estimate of drug-likeness (QED) is 0.925. The fourth-order valence-electron chi connectivity index (χ4n) is 3.41. The first-order valence-electron chi connectivity index (χ1n) is 7.93. The van der Waals surface area contributed by atoms with Crippen molar-refractivity contribution in [1.82, 2.24) is 10.2 Å². The molecule has 1 aromatic carbocycles. The van der Waals surface area contributed by atoms with Crippen molar-refractivity contribution in [2.24, 2.45) is 5.92 Å². The number of ether oxygens (including phenoxy) is 1. The van der Waals surface area contributed by atoms with E-state index < -0.39 is 0 Å². The Morgan fingerprint density at radius 1 is 1.29 bits per heavy atom. The van der Waals surface area contributed by atoms with Crippen LogP contribution in [0.4, 0.5) is 0 Å². The van der Waals surface area contributed by atoms with Gasteiger partial charge in [0.2, 0.25) is 5.91 Å². The van der Waals surface area contributed by atoms with E-state index in [1.54, 1.807) is 0 Å². The Morgan fingerprint density at radius 3 is 2.86 bits per heavy atom. The van der Waals surface area contributed by atoms with Crippen molar-refractivity contribution in [2.75, 3.05) is 33.3 Å². The van der Waals surface area contributed by atoms with Crippen LogP contribution in [0.3, 0.4) is 0 Å². The molecule has 1 amide bonds. The van der Waals surface area contributed by atoms with E-state index in [1.165, 1.54) is 12.8 Å². The molecular formula is C17H24N2O2. The van der Waals surface area contributed by atoms with Gasteiger partial charge in [-0.3, -0.25) is 4.79 Å². The summed E-state index contributed by atoms with van der Waals surface area (Å²) >= 11 is 0. The highest BCUT2D eigenvalue weighted by atomic mass is 16.5. The normalized spacial score (nSPS) is 22.2. The van der Waals surface area contributed by atoms with Gasteiger partial charge in [0.25, 0.3) is 0 Å². The van der Waals surface area contributed by atoms with Gasteiger partial charge in [0.15, 0.2) is 0 Å². The lowest BCUT2D eigenvalue weighted by molar-refractivity contribution is -0.132. The van der Waals surface area contributed by atoms with E-state index in [0.29, 0.717) is 12.5 Å². The molecule has 4 heteroatoms. The number of amides is 1. The van der Waals surface area contributed by atoms with Gasteiger partial charge < -0.3 is 15.0 Å². The second kappa shape index (κ2) is 6.48. The van der Waals surface area contributed by atoms with Gasteiger partial charge in [0, 0.05) is 19.2 Å². The number of fused-ring (bicyclic) bond motifs is 1. The summed E-state index contributed by atoms with van der Waals surface area (Å²) in [5, 5.41) is 3.37. The van der Waals surface area contributed by atoms with E-state index in [0.717, 1.165) is 37.4 Å². The number of hydrogen-bond acceptors (Lipinski definition) is 3. The largest absolute Gasteiger partial charge is 0.493 e. The zero-order chi connectivity index (χ0) is 14.7. The number of para-hydroxylation sites is 1. The van der Waals surface area contributed by atoms with Gasteiger partial charge in [0.05, 0.1) is 12.5 Å². The molecule has 2 aliphatic heterocycles. The topological polar surface area (TPSA) is 41.6 Å². The maximum atomic E-state index is 12.8. The van der Waals surface area contributed by atoms with Crippen molar-refractivity contribution in [3.05, 3.63) is 29.8 Å². The lowest BCUT2D eigenvalue weighted by atomic mass is 9.91. The van der Waals surface area contributed by atoms with E-state index >= 15 is 0 Å². The van der Waals surface area contributed by atoms with Crippen LogP contribution in [0, 0.1) is 5.92 Å². The molecule has 21 heavy (non-hydrogen) atoms. The van der Waals surface area contributed by atoms with Gasteiger partial charge in [-0.2, -0.15) is 0 Å².